The van der Waals surface area contributed by atoms with Crippen molar-refractivity contribution in [3.8, 4) is 5.75 Å². The van der Waals surface area contributed by atoms with Crippen LogP contribution in [0.2, 0.25) is 0 Å². The van der Waals surface area contributed by atoms with Gasteiger partial charge in [-0.3, -0.25) is 0 Å². The molecule has 1 fully saturated rings. The van der Waals surface area contributed by atoms with Crippen LogP contribution < -0.4 is 15.4 Å². The van der Waals surface area contributed by atoms with Crippen LogP contribution in [0.3, 0.4) is 0 Å². The van der Waals surface area contributed by atoms with E-state index in [0.29, 0.717) is 12.1 Å². The van der Waals surface area contributed by atoms with Crippen molar-refractivity contribution in [2.75, 3.05) is 31.6 Å². The molecular weight excluding hydrogens is 354 g/mol. The number of nitrogens with zero attached hydrogens (tertiary/aromatic N) is 2. The largest absolute Gasteiger partial charge is 0.497 e. The maximum atomic E-state index is 5.76. The summed E-state index contributed by atoms with van der Waals surface area (Å²) < 4.78 is 5.35. The summed E-state index contributed by atoms with van der Waals surface area (Å²) in [6.45, 7) is 8.60. The lowest BCUT2D eigenvalue weighted by atomic mass is 9.99. The Morgan fingerprint density at radius 3 is 2.48 bits per heavy atom. The lowest BCUT2D eigenvalue weighted by Gasteiger charge is -2.41. The van der Waals surface area contributed by atoms with Gasteiger partial charge in [0.05, 0.1) is 13.7 Å². The molecular formula is C22H33N3OS. The van der Waals surface area contributed by atoms with E-state index in [4.69, 9.17) is 10.5 Å². The molecule has 0 amide bonds. The molecule has 1 unspecified atom stereocenters. The van der Waals surface area contributed by atoms with E-state index in [0.717, 1.165) is 38.3 Å². The third-order valence-electron chi connectivity index (χ3n) is 5.83. The Labute approximate surface area is 167 Å². The summed E-state index contributed by atoms with van der Waals surface area (Å²) in [7, 11) is 1.72. The molecule has 0 aliphatic carbocycles. The smallest absolute Gasteiger partial charge is 0.119 e. The quantitative estimate of drug-likeness (QED) is 0.734. The fourth-order valence-corrected chi connectivity index (χ4v) is 4.89. The number of likely N-dealkylation sites (tertiary alicyclic amines) is 1. The van der Waals surface area contributed by atoms with Crippen molar-refractivity contribution < 1.29 is 4.74 Å². The lowest BCUT2D eigenvalue weighted by molar-refractivity contribution is 0.154. The summed E-state index contributed by atoms with van der Waals surface area (Å²) in [4.78, 5) is 6.67. The number of aryl methyl sites for hydroxylation is 1. The molecule has 1 atom stereocenters. The highest BCUT2D eigenvalue weighted by Gasteiger charge is 2.27. The molecule has 5 heteroatoms. The summed E-state index contributed by atoms with van der Waals surface area (Å²) in [5, 5.41) is 2.20. The van der Waals surface area contributed by atoms with Gasteiger partial charge >= 0.3 is 0 Å². The second kappa shape index (κ2) is 9.58. The normalized spacial score (nSPS) is 17.0. The van der Waals surface area contributed by atoms with E-state index in [9.17, 15) is 0 Å². The third kappa shape index (κ3) is 5.03. The van der Waals surface area contributed by atoms with Crippen LogP contribution in [0.15, 0.2) is 35.7 Å². The number of ether oxygens (including phenoxy) is 1. The van der Waals surface area contributed by atoms with Crippen LogP contribution in [-0.2, 0) is 6.54 Å². The Hall–Kier alpha value is -1.56. The van der Waals surface area contributed by atoms with E-state index in [1.807, 2.05) is 11.3 Å². The third-order valence-corrected chi connectivity index (χ3v) is 6.84. The van der Waals surface area contributed by atoms with Crippen molar-refractivity contribution in [1.82, 2.24) is 4.90 Å². The average molecular weight is 388 g/mol. The number of anilines is 1. The van der Waals surface area contributed by atoms with Gasteiger partial charge in [-0.1, -0.05) is 0 Å². The molecule has 2 N–H and O–H groups in total. The van der Waals surface area contributed by atoms with Gasteiger partial charge in [-0.05, 0) is 80.9 Å². The molecule has 1 saturated heterocycles. The van der Waals surface area contributed by atoms with Gasteiger partial charge in [0.1, 0.15) is 5.75 Å². The summed E-state index contributed by atoms with van der Waals surface area (Å²) >= 11 is 1.87. The van der Waals surface area contributed by atoms with Gasteiger partial charge in [-0.2, -0.15) is 0 Å². The van der Waals surface area contributed by atoms with Gasteiger partial charge in [0.25, 0.3) is 0 Å². The summed E-state index contributed by atoms with van der Waals surface area (Å²) in [5.41, 5.74) is 8.44. The number of benzene rings is 1. The van der Waals surface area contributed by atoms with Gasteiger partial charge in [0, 0.05) is 35.7 Å². The Morgan fingerprint density at radius 1 is 1.22 bits per heavy atom. The van der Waals surface area contributed by atoms with Crippen LogP contribution in [0, 0.1) is 6.92 Å². The second-order valence-electron chi connectivity index (χ2n) is 7.55. The van der Waals surface area contributed by atoms with Crippen molar-refractivity contribution in [3.05, 3.63) is 46.2 Å². The molecule has 1 aliphatic rings. The molecule has 0 bridgehead atoms. The number of nitrogens with two attached hydrogens (primary N) is 1. The zero-order valence-electron chi connectivity index (χ0n) is 16.9. The predicted molar refractivity (Wildman–Crippen MR) is 116 cm³/mol. The molecule has 27 heavy (non-hydrogen) atoms. The molecule has 3 rings (SSSR count). The summed E-state index contributed by atoms with van der Waals surface area (Å²) in [5.74, 6) is 0.913. The van der Waals surface area contributed by atoms with Crippen molar-refractivity contribution in [2.45, 2.75) is 51.7 Å². The van der Waals surface area contributed by atoms with Gasteiger partial charge in [0.15, 0.2) is 0 Å². The number of methoxy groups -OCH3 is 1. The van der Waals surface area contributed by atoms with E-state index in [1.165, 1.54) is 29.0 Å². The molecule has 0 spiro atoms. The molecule has 1 aliphatic heterocycles. The molecule has 148 valence electrons. The first kappa shape index (κ1) is 20.2. The Bertz CT molecular complexity index is 692. The average Bonchev–Trinajstić information content (AvgIpc) is 3.11. The van der Waals surface area contributed by atoms with E-state index >= 15 is 0 Å². The highest BCUT2D eigenvalue weighted by molar-refractivity contribution is 7.10. The van der Waals surface area contributed by atoms with Crippen LogP contribution in [0.25, 0.3) is 0 Å². The van der Waals surface area contributed by atoms with Crippen molar-refractivity contribution in [3.63, 3.8) is 0 Å². The van der Waals surface area contributed by atoms with Gasteiger partial charge < -0.3 is 20.3 Å². The number of hydrogen-bond donors (Lipinski definition) is 1. The number of hydrogen-bond acceptors (Lipinski definition) is 5. The van der Waals surface area contributed by atoms with Crippen LogP contribution in [0.5, 0.6) is 5.75 Å². The molecule has 4 nitrogen and oxygen atoms in total. The first-order chi connectivity index (χ1) is 13.1. The topological polar surface area (TPSA) is 41.7 Å². The van der Waals surface area contributed by atoms with Crippen LogP contribution >= 0.6 is 11.3 Å². The van der Waals surface area contributed by atoms with E-state index in [2.05, 4.69) is 59.4 Å². The van der Waals surface area contributed by atoms with E-state index in [-0.39, 0.29) is 0 Å². The highest BCUT2D eigenvalue weighted by Crippen LogP contribution is 2.30. The molecule has 1 aromatic heterocycles. The van der Waals surface area contributed by atoms with Gasteiger partial charge in [-0.25, -0.2) is 0 Å². The SMILES string of the molecule is COc1ccc(N(Cc2sccc2C)C2CCN(C(C)CCN)CC2)cc1. The standard InChI is InChI=1S/C22H33N3OS/c1-17-11-15-27-22(17)16-25(19-4-6-21(26-3)7-5-19)20-9-13-24(14-10-20)18(2)8-12-23/h4-7,11,15,18,20H,8-10,12-14,16,23H2,1-3H3. The maximum absolute atomic E-state index is 5.76. The fraction of sp³-hybridized carbons (Fsp3) is 0.545. The number of thiophene rings is 1. The summed E-state index contributed by atoms with van der Waals surface area (Å²) in [6, 6.07) is 11.9. The predicted octanol–water partition coefficient (Wildman–Crippen LogP) is 4.27. The lowest BCUT2D eigenvalue weighted by Crippen LogP contribution is -2.47. The van der Waals surface area contributed by atoms with E-state index in [1.54, 1.807) is 7.11 Å². The first-order valence-electron chi connectivity index (χ1n) is 10.00. The molecule has 1 aromatic carbocycles. The Kier molecular flexibility index (Phi) is 7.16. The number of rotatable bonds is 8. The molecule has 0 radical (unpaired) electrons. The number of piperidine rings is 1. The minimum absolute atomic E-state index is 0.571. The zero-order chi connectivity index (χ0) is 19.2. The summed E-state index contributed by atoms with van der Waals surface area (Å²) in [6.07, 6.45) is 3.48. The van der Waals surface area contributed by atoms with Gasteiger partial charge in [-0.15, -0.1) is 11.3 Å². The monoisotopic (exact) mass is 387 g/mol. The maximum Gasteiger partial charge on any atom is 0.119 e. The van der Waals surface area contributed by atoms with Crippen LogP contribution in [0.4, 0.5) is 5.69 Å². The minimum atomic E-state index is 0.571. The van der Waals surface area contributed by atoms with Crippen molar-refractivity contribution >= 4 is 17.0 Å². The Morgan fingerprint density at radius 2 is 1.93 bits per heavy atom. The first-order valence-corrected chi connectivity index (χ1v) is 10.9. The molecule has 2 aromatic rings. The van der Waals surface area contributed by atoms with Crippen LogP contribution in [0.1, 0.15) is 36.6 Å². The zero-order valence-corrected chi connectivity index (χ0v) is 17.7. The second-order valence-corrected chi connectivity index (χ2v) is 8.55. The highest BCUT2D eigenvalue weighted by atomic mass is 32.1. The van der Waals surface area contributed by atoms with Crippen LogP contribution in [-0.4, -0.2) is 43.7 Å². The molecule has 2 heterocycles. The van der Waals surface area contributed by atoms with Gasteiger partial charge in [0.2, 0.25) is 0 Å². The Balaban J connectivity index is 1.74. The van der Waals surface area contributed by atoms with Crippen molar-refractivity contribution in [1.29, 1.82) is 0 Å². The fourth-order valence-electron chi connectivity index (χ4n) is 3.99. The minimum Gasteiger partial charge on any atom is -0.497 e. The van der Waals surface area contributed by atoms with E-state index < -0.39 is 0 Å². The molecule has 0 saturated carbocycles. The van der Waals surface area contributed by atoms with Crippen molar-refractivity contribution in [2.24, 2.45) is 5.73 Å².